The van der Waals surface area contributed by atoms with Crippen LogP contribution in [-0.4, -0.2) is 10.4 Å². The average molecular weight is 248 g/mol. The highest BCUT2D eigenvalue weighted by Gasteiger charge is 2.24. The molecule has 2 aromatic carbocycles. The van der Waals surface area contributed by atoms with E-state index >= 15 is 0 Å². The maximum Gasteiger partial charge on any atom is 0.252 e. The van der Waals surface area contributed by atoms with Gasteiger partial charge in [-0.1, -0.05) is 36.4 Å². The van der Waals surface area contributed by atoms with Crippen LogP contribution in [0.2, 0.25) is 0 Å². The normalized spacial score (nSPS) is 13.2. The van der Waals surface area contributed by atoms with E-state index < -0.39 is 0 Å². The van der Waals surface area contributed by atoms with Crippen molar-refractivity contribution >= 4 is 11.5 Å². The lowest BCUT2D eigenvalue weighted by atomic mass is 10.1. The number of hydrogen-bond donors (Lipinski definition) is 1. The predicted molar refractivity (Wildman–Crippen MR) is 74.1 cm³/mol. The molecule has 0 saturated heterocycles. The molecule has 0 atom stereocenters. The summed E-state index contributed by atoms with van der Waals surface area (Å²) in [6.45, 7) is 0.645. The van der Waals surface area contributed by atoms with E-state index in [4.69, 9.17) is 11.0 Å². The lowest BCUT2D eigenvalue weighted by molar-refractivity contribution is -0.456. The van der Waals surface area contributed by atoms with Crippen molar-refractivity contribution in [3.63, 3.8) is 0 Å². The molecule has 3 nitrogen and oxygen atoms in total. The summed E-state index contributed by atoms with van der Waals surface area (Å²) in [5.41, 5.74) is 10.2. The zero-order valence-corrected chi connectivity index (χ0v) is 10.5. The maximum atomic E-state index is 9.15. The molecule has 3 rings (SSSR count). The third-order valence-electron chi connectivity index (χ3n) is 3.47. The monoisotopic (exact) mass is 248 g/mol. The first-order valence-electron chi connectivity index (χ1n) is 6.24. The van der Waals surface area contributed by atoms with Crippen LogP contribution in [0.5, 0.6) is 0 Å². The van der Waals surface area contributed by atoms with Crippen molar-refractivity contribution < 1.29 is 4.58 Å². The quantitative estimate of drug-likeness (QED) is 0.829. The van der Waals surface area contributed by atoms with Gasteiger partial charge in [-0.15, -0.1) is 0 Å². The van der Waals surface area contributed by atoms with Crippen LogP contribution in [0.4, 0.5) is 5.69 Å². The second kappa shape index (κ2) is 4.58. The first-order chi connectivity index (χ1) is 9.29. The Morgan fingerprint density at radius 3 is 2.68 bits per heavy atom. The maximum absolute atomic E-state index is 9.15. The Morgan fingerprint density at radius 2 is 1.84 bits per heavy atom. The van der Waals surface area contributed by atoms with Gasteiger partial charge < -0.3 is 0 Å². The molecule has 0 unspecified atom stereocenters. The summed E-state index contributed by atoms with van der Waals surface area (Å²) in [6.07, 6.45) is 0.783. The number of benzene rings is 2. The van der Waals surface area contributed by atoms with Crippen molar-refractivity contribution in [1.29, 1.82) is 5.26 Å². The Bertz CT molecular complexity index is 708. The molecular formula is C16H14N3+. The third-order valence-corrected chi connectivity index (χ3v) is 3.47. The van der Waals surface area contributed by atoms with Crippen LogP contribution < -0.4 is 5.73 Å². The summed E-state index contributed by atoms with van der Waals surface area (Å²) in [7, 11) is 0. The second-order valence-electron chi connectivity index (χ2n) is 4.65. The molecule has 0 amide bonds. The van der Waals surface area contributed by atoms with Crippen molar-refractivity contribution in [2.75, 3.05) is 0 Å². The molecule has 0 radical (unpaired) electrons. The van der Waals surface area contributed by atoms with Crippen molar-refractivity contribution in [2.45, 2.75) is 13.0 Å². The minimum absolute atomic E-state index is 0.645. The van der Waals surface area contributed by atoms with Gasteiger partial charge in [-0.25, -0.2) is 4.58 Å². The largest absolute Gasteiger partial charge is 0.290 e. The van der Waals surface area contributed by atoms with Crippen molar-refractivity contribution in [2.24, 2.45) is 5.73 Å². The molecule has 0 aliphatic carbocycles. The molecule has 2 N–H and O–H groups in total. The van der Waals surface area contributed by atoms with E-state index in [1.165, 1.54) is 5.56 Å². The summed E-state index contributed by atoms with van der Waals surface area (Å²) in [6, 6.07) is 18.1. The van der Waals surface area contributed by atoms with E-state index in [1.807, 2.05) is 36.4 Å². The predicted octanol–water partition coefficient (Wildman–Crippen LogP) is 2.32. The fraction of sp³-hybridized carbons (Fsp3) is 0.125. The van der Waals surface area contributed by atoms with E-state index in [0.717, 1.165) is 23.5 Å². The number of nitrogens with zero attached hydrogens (tertiary/aromatic N) is 2. The number of amidine groups is 1. The van der Waals surface area contributed by atoms with Gasteiger partial charge in [0.1, 0.15) is 12.2 Å². The SMILES string of the molecule is N#Cc1ccccc1C[N+]1=C(N)Cc2ccccc21. The summed E-state index contributed by atoms with van der Waals surface area (Å²) >= 11 is 0. The van der Waals surface area contributed by atoms with E-state index in [9.17, 15) is 0 Å². The highest BCUT2D eigenvalue weighted by Crippen LogP contribution is 2.26. The van der Waals surface area contributed by atoms with Crippen LogP contribution in [0, 0.1) is 11.3 Å². The number of nitriles is 1. The Labute approximate surface area is 112 Å². The second-order valence-corrected chi connectivity index (χ2v) is 4.65. The lowest BCUT2D eigenvalue weighted by Crippen LogP contribution is -2.22. The van der Waals surface area contributed by atoms with Gasteiger partial charge in [-0.2, -0.15) is 5.26 Å². The van der Waals surface area contributed by atoms with Gasteiger partial charge in [0.25, 0.3) is 5.84 Å². The van der Waals surface area contributed by atoms with Gasteiger partial charge in [-0.3, -0.25) is 5.73 Å². The minimum Gasteiger partial charge on any atom is -0.290 e. The van der Waals surface area contributed by atoms with Crippen LogP contribution in [0.3, 0.4) is 0 Å². The minimum atomic E-state index is 0.645. The Kier molecular flexibility index (Phi) is 2.77. The molecule has 0 bridgehead atoms. The zero-order chi connectivity index (χ0) is 13.2. The number of nitrogens with two attached hydrogens (primary N) is 1. The van der Waals surface area contributed by atoms with Crippen molar-refractivity contribution in [3.8, 4) is 6.07 Å². The van der Waals surface area contributed by atoms with Crippen LogP contribution >= 0.6 is 0 Å². The molecule has 92 valence electrons. The summed E-state index contributed by atoms with van der Waals surface area (Å²) in [5, 5.41) is 9.15. The molecule has 0 fully saturated rings. The van der Waals surface area contributed by atoms with Crippen LogP contribution in [0.15, 0.2) is 48.5 Å². The van der Waals surface area contributed by atoms with Gasteiger partial charge in [0, 0.05) is 11.1 Å². The summed E-state index contributed by atoms with van der Waals surface area (Å²) in [5.74, 6) is 0.842. The highest BCUT2D eigenvalue weighted by atomic mass is 15.1. The number of fused-ring (bicyclic) bond motifs is 1. The topological polar surface area (TPSA) is 52.8 Å². The molecule has 1 aliphatic rings. The lowest BCUT2D eigenvalue weighted by Gasteiger charge is -2.07. The Balaban J connectivity index is 2.01. The molecule has 3 heteroatoms. The van der Waals surface area contributed by atoms with Gasteiger partial charge in [0.15, 0.2) is 0 Å². The van der Waals surface area contributed by atoms with Gasteiger partial charge >= 0.3 is 0 Å². The molecule has 0 aromatic heterocycles. The summed E-state index contributed by atoms with van der Waals surface area (Å²) < 4.78 is 2.09. The van der Waals surface area contributed by atoms with E-state index in [-0.39, 0.29) is 0 Å². The van der Waals surface area contributed by atoms with Gasteiger partial charge in [0.05, 0.1) is 18.1 Å². The number of para-hydroxylation sites is 1. The highest BCUT2D eigenvalue weighted by molar-refractivity contribution is 5.83. The first-order valence-corrected chi connectivity index (χ1v) is 6.24. The molecule has 19 heavy (non-hydrogen) atoms. The molecule has 2 aromatic rings. The van der Waals surface area contributed by atoms with E-state index in [0.29, 0.717) is 12.1 Å². The Hall–Kier alpha value is -2.60. The first kappa shape index (κ1) is 11.5. The van der Waals surface area contributed by atoms with Crippen LogP contribution in [0.1, 0.15) is 16.7 Å². The fourth-order valence-electron chi connectivity index (χ4n) is 2.49. The summed E-state index contributed by atoms with van der Waals surface area (Å²) in [4.78, 5) is 0. The Morgan fingerprint density at radius 1 is 1.11 bits per heavy atom. The molecule has 0 spiro atoms. The molecular weight excluding hydrogens is 234 g/mol. The third kappa shape index (κ3) is 1.98. The van der Waals surface area contributed by atoms with Gasteiger partial charge in [-0.05, 0) is 12.1 Å². The van der Waals surface area contributed by atoms with Crippen molar-refractivity contribution in [3.05, 3.63) is 65.2 Å². The van der Waals surface area contributed by atoms with Crippen LogP contribution in [0.25, 0.3) is 0 Å². The number of rotatable bonds is 2. The van der Waals surface area contributed by atoms with E-state index in [2.05, 4.69) is 22.8 Å². The number of hydrogen-bond acceptors (Lipinski definition) is 2. The van der Waals surface area contributed by atoms with Gasteiger partial charge in [0.2, 0.25) is 0 Å². The van der Waals surface area contributed by atoms with E-state index in [1.54, 1.807) is 0 Å². The molecule has 0 saturated carbocycles. The standard InChI is InChI=1S/C16H13N3/c17-10-13-6-1-2-7-14(13)11-19-15-8-4-3-5-12(15)9-16(19)18/h1-8,18H,9,11H2/p+1. The smallest absolute Gasteiger partial charge is 0.252 e. The average Bonchev–Trinajstić information content (AvgIpc) is 2.76. The molecule has 1 heterocycles. The molecule has 1 aliphatic heterocycles. The zero-order valence-electron chi connectivity index (χ0n) is 10.5. The fourth-order valence-corrected chi connectivity index (χ4v) is 2.49. The van der Waals surface area contributed by atoms with Crippen LogP contribution in [-0.2, 0) is 13.0 Å². The van der Waals surface area contributed by atoms with Crippen molar-refractivity contribution in [1.82, 2.24) is 0 Å².